The Kier molecular flexibility index (Phi) is 6.44. The molecule has 0 bridgehead atoms. The maximum atomic E-state index is 13.1. The molecular formula is C24H30N2O5S. The van der Waals surface area contributed by atoms with E-state index in [0.29, 0.717) is 49.8 Å². The van der Waals surface area contributed by atoms with Crippen LogP contribution in [0.2, 0.25) is 0 Å². The lowest BCUT2D eigenvalue weighted by Crippen LogP contribution is -2.43. The summed E-state index contributed by atoms with van der Waals surface area (Å²) in [5.74, 6) is 1.16. The Morgan fingerprint density at radius 2 is 1.72 bits per heavy atom. The van der Waals surface area contributed by atoms with Gasteiger partial charge in [0.2, 0.25) is 15.9 Å². The Bertz CT molecular complexity index is 1110. The Labute approximate surface area is 189 Å². The number of fused-ring (bicyclic) bond motifs is 1. The average molecular weight is 459 g/mol. The number of amides is 1. The molecule has 32 heavy (non-hydrogen) atoms. The second-order valence-corrected chi connectivity index (χ2v) is 10.5. The molecule has 2 aromatic carbocycles. The first-order valence-electron chi connectivity index (χ1n) is 11.0. The van der Waals surface area contributed by atoms with Gasteiger partial charge in [0, 0.05) is 19.0 Å². The first kappa shape index (κ1) is 22.6. The van der Waals surface area contributed by atoms with E-state index in [1.807, 2.05) is 51.1 Å². The van der Waals surface area contributed by atoms with E-state index in [0.717, 1.165) is 22.4 Å². The van der Waals surface area contributed by atoms with Gasteiger partial charge in [0.25, 0.3) is 0 Å². The Morgan fingerprint density at radius 3 is 2.41 bits per heavy atom. The van der Waals surface area contributed by atoms with Gasteiger partial charge in [0.15, 0.2) is 11.5 Å². The lowest BCUT2D eigenvalue weighted by molar-refractivity contribution is -0.126. The predicted octanol–water partition coefficient (Wildman–Crippen LogP) is 3.35. The molecule has 1 fully saturated rings. The normalized spacial score (nSPS) is 18.2. The monoisotopic (exact) mass is 458 g/mol. The molecule has 0 aliphatic carbocycles. The molecule has 1 atom stereocenters. The van der Waals surface area contributed by atoms with Crippen LogP contribution in [0.5, 0.6) is 11.5 Å². The molecule has 2 heterocycles. The average Bonchev–Trinajstić information content (AvgIpc) is 2.78. The molecule has 7 nitrogen and oxygen atoms in total. The summed E-state index contributed by atoms with van der Waals surface area (Å²) in [5.41, 5.74) is 2.72. The third-order valence-corrected chi connectivity index (χ3v) is 8.26. The summed E-state index contributed by atoms with van der Waals surface area (Å²) in [4.78, 5) is 13.2. The summed E-state index contributed by atoms with van der Waals surface area (Å²) in [7, 11) is -3.56. The fourth-order valence-electron chi connectivity index (χ4n) is 4.33. The Morgan fingerprint density at radius 1 is 1.03 bits per heavy atom. The number of carbonyl (C=O) groups is 1. The maximum absolute atomic E-state index is 13.1. The van der Waals surface area contributed by atoms with E-state index in [2.05, 4.69) is 5.32 Å². The SMILES string of the molecule is Cc1ccc(S(=O)(=O)N2CCC(C(=O)NC(C)c3ccc4c(c3)OCCO4)CC2)c(C)c1. The summed E-state index contributed by atoms with van der Waals surface area (Å²) in [6, 6.07) is 10.9. The number of piperidine rings is 1. The third-order valence-electron chi connectivity index (χ3n) is 6.20. The molecule has 2 aliphatic heterocycles. The quantitative estimate of drug-likeness (QED) is 0.743. The van der Waals surface area contributed by atoms with Crippen molar-refractivity contribution in [3.63, 3.8) is 0 Å². The van der Waals surface area contributed by atoms with Crippen LogP contribution in [0.1, 0.15) is 42.5 Å². The van der Waals surface area contributed by atoms with Crippen LogP contribution >= 0.6 is 0 Å². The van der Waals surface area contributed by atoms with E-state index in [-0.39, 0.29) is 17.9 Å². The van der Waals surface area contributed by atoms with E-state index in [1.54, 1.807) is 6.07 Å². The van der Waals surface area contributed by atoms with E-state index in [9.17, 15) is 13.2 Å². The molecule has 1 amide bonds. The lowest BCUT2D eigenvalue weighted by Gasteiger charge is -2.31. The molecule has 0 aromatic heterocycles. The van der Waals surface area contributed by atoms with Crippen molar-refractivity contribution in [3.8, 4) is 11.5 Å². The largest absolute Gasteiger partial charge is 0.486 e. The Balaban J connectivity index is 1.36. The van der Waals surface area contributed by atoms with Crippen molar-refractivity contribution in [3.05, 3.63) is 53.1 Å². The van der Waals surface area contributed by atoms with Gasteiger partial charge in [0.1, 0.15) is 13.2 Å². The smallest absolute Gasteiger partial charge is 0.243 e. The molecule has 0 spiro atoms. The van der Waals surface area contributed by atoms with Crippen LogP contribution in [0, 0.1) is 19.8 Å². The standard InChI is InChI=1S/C24H30N2O5S/c1-16-4-7-23(17(2)14-16)32(28,29)26-10-8-19(9-11-26)24(27)25-18(3)20-5-6-21-22(15-20)31-13-12-30-21/h4-7,14-15,18-19H,8-13H2,1-3H3,(H,25,27). The lowest BCUT2D eigenvalue weighted by atomic mass is 9.96. The number of hydrogen-bond acceptors (Lipinski definition) is 5. The summed E-state index contributed by atoms with van der Waals surface area (Å²) in [6.07, 6.45) is 1.01. The van der Waals surface area contributed by atoms with Gasteiger partial charge in [-0.1, -0.05) is 23.8 Å². The fourth-order valence-corrected chi connectivity index (χ4v) is 6.01. The van der Waals surface area contributed by atoms with Crippen LogP contribution in [-0.2, 0) is 14.8 Å². The van der Waals surface area contributed by atoms with Gasteiger partial charge in [0.05, 0.1) is 10.9 Å². The molecule has 0 saturated carbocycles. The van der Waals surface area contributed by atoms with Crippen LogP contribution in [0.4, 0.5) is 0 Å². The van der Waals surface area contributed by atoms with Crippen LogP contribution in [0.15, 0.2) is 41.3 Å². The zero-order valence-corrected chi connectivity index (χ0v) is 19.6. The van der Waals surface area contributed by atoms with Gasteiger partial charge >= 0.3 is 0 Å². The fraction of sp³-hybridized carbons (Fsp3) is 0.458. The number of aryl methyl sites for hydroxylation is 2. The molecule has 172 valence electrons. The second kappa shape index (κ2) is 9.11. The van der Waals surface area contributed by atoms with Gasteiger partial charge in [-0.3, -0.25) is 4.79 Å². The highest BCUT2D eigenvalue weighted by molar-refractivity contribution is 7.89. The first-order chi connectivity index (χ1) is 15.3. The molecule has 1 unspecified atom stereocenters. The van der Waals surface area contributed by atoms with Crippen molar-refractivity contribution < 1.29 is 22.7 Å². The second-order valence-electron chi connectivity index (χ2n) is 8.58. The van der Waals surface area contributed by atoms with Crippen LogP contribution in [0.3, 0.4) is 0 Å². The highest BCUT2D eigenvalue weighted by Gasteiger charge is 2.33. The van der Waals surface area contributed by atoms with Crippen molar-refractivity contribution in [2.75, 3.05) is 26.3 Å². The summed E-state index contributed by atoms with van der Waals surface area (Å²) >= 11 is 0. The highest BCUT2D eigenvalue weighted by atomic mass is 32.2. The molecule has 2 aliphatic rings. The maximum Gasteiger partial charge on any atom is 0.243 e. The molecule has 2 aromatic rings. The minimum atomic E-state index is -3.56. The van der Waals surface area contributed by atoms with Crippen LogP contribution < -0.4 is 14.8 Å². The summed E-state index contributed by atoms with van der Waals surface area (Å²) in [5, 5.41) is 3.07. The highest BCUT2D eigenvalue weighted by Crippen LogP contribution is 2.33. The first-order valence-corrected chi connectivity index (χ1v) is 12.5. The van der Waals surface area contributed by atoms with Crippen LogP contribution in [-0.4, -0.2) is 44.9 Å². The van der Waals surface area contributed by atoms with Gasteiger partial charge in [-0.05, 0) is 62.9 Å². The number of ether oxygens (including phenoxy) is 2. The van der Waals surface area contributed by atoms with Crippen molar-refractivity contribution in [1.82, 2.24) is 9.62 Å². The predicted molar refractivity (Wildman–Crippen MR) is 121 cm³/mol. The van der Waals surface area contributed by atoms with Gasteiger partial charge < -0.3 is 14.8 Å². The number of sulfonamides is 1. The molecule has 0 radical (unpaired) electrons. The van der Waals surface area contributed by atoms with E-state index in [4.69, 9.17) is 9.47 Å². The zero-order chi connectivity index (χ0) is 22.9. The van der Waals surface area contributed by atoms with Crippen molar-refractivity contribution in [1.29, 1.82) is 0 Å². The molecule has 1 saturated heterocycles. The molecular weight excluding hydrogens is 428 g/mol. The van der Waals surface area contributed by atoms with Crippen LogP contribution in [0.25, 0.3) is 0 Å². The zero-order valence-electron chi connectivity index (χ0n) is 18.8. The van der Waals surface area contributed by atoms with Crippen molar-refractivity contribution in [2.24, 2.45) is 5.92 Å². The number of carbonyl (C=O) groups excluding carboxylic acids is 1. The number of hydrogen-bond donors (Lipinski definition) is 1. The number of benzene rings is 2. The van der Waals surface area contributed by atoms with Gasteiger partial charge in [-0.25, -0.2) is 8.42 Å². The van der Waals surface area contributed by atoms with Crippen molar-refractivity contribution in [2.45, 2.75) is 44.6 Å². The molecule has 1 N–H and O–H groups in total. The third kappa shape index (κ3) is 4.61. The number of rotatable bonds is 5. The van der Waals surface area contributed by atoms with Gasteiger partial charge in [-0.2, -0.15) is 4.31 Å². The topological polar surface area (TPSA) is 84.9 Å². The molecule has 4 rings (SSSR count). The minimum absolute atomic E-state index is 0.0454. The minimum Gasteiger partial charge on any atom is -0.486 e. The number of nitrogens with zero attached hydrogens (tertiary/aromatic N) is 1. The molecule has 8 heteroatoms. The van der Waals surface area contributed by atoms with E-state index >= 15 is 0 Å². The number of nitrogens with one attached hydrogen (secondary N) is 1. The van der Waals surface area contributed by atoms with E-state index < -0.39 is 10.0 Å². The summed E-state index contributed by atoms with van der Waals surface area (Å²) < 4.78 is 38.8. The van der Waals surface area contributed by atoms with Gasteiger partial charge in [-0.15, -0.1) is 0 Å². The van der Waals surface area contributed by atoms with Crippen molar-refractivity contribution >= 4 is 15.9 Å². The summed E-state index contributed by atoms with van der Waals surface area (Å²) in [6.45, 7) is 7.43. The Hall–Kier alpha value is -2.58. The van der Waals surface area contributed by atoms with E-state index in [1.165, 1.54) is 4.31 Å².